The van der Waals surface area contributed by atoms with Gasteiger partial charge in [0.2, 0.25) is 0 Å². The Morgan fingerprint density at radius 3 is 2.80 bits per heavy atom. The molecule has 2 aromatic rings. The van der Waals surface area contributed by atoms with E-state index >= 15 is 0 Å². The number of carbonyl (C=O) groups is 1. The van der Waals surface area contributed by atoms with Gasteiger partial charge in [-0.1, -0.05) is 22.6 Å². The minimum Gasteiger partial charge on any atom is -0.481 e. The van der Waals surface area contributed by atoms with E-state index in [2.05, 4.69) is 42.9 Å². The summed E-state index contributed by atoms with van der Waals surface area (Å²) in [7, 11) is 0. The number of carboxylic acid groups (broad SMARTS) is 1. The molecule has 1 fully saturated rings. The van der Waals surface area contributed by atoms with Gasteiger partial charge in [0, 0.05) is 17.4 Å². The van der Waals surface area contributed by atoms with E-state index in [1.807, 2.05) is 0 Å². The summed E-state index contributed by atoms with van der Waals surface area (Å²) in [5, 5.41) is 32.0. The lowest BCUT2D eigenvalue weighted by Gasteiger charge is -2.16. The van der Waals surface area contributed by atoms with E-state index in [9.17, 15) is 15.0 Å². The Morgan fingerprint density at radius 2 is 2.12 bits per heavy atom. The molecule has 2 aromatic heterocycles. The van der Waals surface area contributed by atoms with Crippen LogP contribution in [-0.2, 0) is 9.53 Å². The van der Waals surface area contributed by atoms with Crippen LogP contribution in [0.25, 0.3) is 11.2 Å². The number of aliphatic carboxylic acids is 1. The molecule has 0 spiro atoms. The first-order valence-electron chi connectivity index (χ1n) is 7.73. The maximum absolute atomic E-state index is 10.6. The minimum absolute atomic E-state index is 0.0628. The highest BCUT2D eigenvalue weighted by molar-refractivity contribution is 14.1. The molecule has 1 saturated heterocycles. The lowest BCUT2D eigenvalue weighted by atomic mass is 10.1. The molecule has 0 unspecified atom stereocenters. The molecule has 0 radical (unpaired) electrons. The number of aliphatic hydroxyl groups is 2. The van der Waals surface area contributed by atoms with Crippen molar-refractivity contribution in [2.45, 2.75) is 37.4 Å². The molecule has 25 heavy (non-hydrogen) atoms. The van der Waals surface area contributed by atoms with Crippen LogP contribution < -0.4 is 5.32 Å². The molecular weight excluding hydrogens is 445 g/mol. The van der Waals surface area contributed by atoms with E-state index in [0.29, 0.717) is 34.4 Å². The van der Waals surface area contributed by atoms with Gasteiger partial charge in [-0.15, -0.1) is 0 Å². The fourth-order valence-corrected chi connectivity index (χ4v) is 3.43. The van der Waals surface area contributed by atoms with Crippen LogP contribution >= 0.6 is 22.6 Å². The van der Waals surface area contributed by atoms with Crippen molar-refractivity contribution >= 4 is 45.5 Å². The van der Waals surface area contributed by atoms with Crippen molar-refractivity contribution in [3.8, 4) is 0 Å². The van der Waals surface area contributed by atoms with Crippen LogP contribution in [0.5, 0.6) is 0 Å². The maximum atomic E-state index is 10.6. The minimum atomic E-state index is -1.08. The van der Waals surface area contributed by atoms with Gasteiger partial charge in [-0.3, -0.25) is 9.36 Å². The van der Waals surface area contributed by atoms with Crippen molar-refractivity contribution in [3.63, 3.8) is 0 Å². The number of aromatic nitrogens is 4. The van der Waals surface area contributed by atoms with Gasteiger partial charge >= 0.3 is 5.97 Å². The van der Waals surface area contributed by atoms with Gasteiger partial charge in [0.15, 0.2) is 23.2 Å². The Kier molecular flexibility index (Phi) is 5.66. The lowest BCUT2D eigenvalue weighted by molar-refractivity contribution is -0.137. The Bertz CT molecular complexity index is 756. The first-order chi connectivity index (χ1) is 12.0. The number of imidazole rings is 1. The average molecular weight is 463 g/mol. The van der Waals surface area contributed by atoms with Crippen molar-refractivity contribution in [2.24, 2.45) is 0 Å². The molecule has 0 amide bonds. The molecule has 10 nitrogen and oxygen atoms in total. The van der Waals surface area contributed by atoms with Crippen LogP contribution in [0, 0.1) is 0 Å². The molecule has 11 heteroatoms. The summed E-state index contributed by atoms with van der Waals surface area (Å²) in [5.74, 6) is -0.373. The van der Waals surface area contributed by atoms with Crippen LogP contribution in [0.15, 0.2) is 12.7 Å². The van der Waals surface area contributed by atoms with Gasteiger partial charge in [-0.25, -0.2) is 15.0 Å². The second-order valence-corrected chi connectivity index (χ2v) is 6.55. The highest BCUT2D eigenvalue weighted by Gasteiger charge is 2.43. The third kappa shape index (κ3) is 3.68. The number of carboxylic acids is 1. The normalized spacial score (nSPS) is 26.2. The second kappa shape index (κ2) is 7.76. The van der Waals surface area contributed by atoms with Crippen molar-refractivity contribution in [1.82, 2.24) is 19.5 Å². The SMILES string of the molecule is O=C(O)CCCNc1ncnc2c1ncn2[C@@H]1O[C@H](CI)[C@@H](O)[C@H]1O. The molecule has 1 aliphatic heterocycles. The largest absolute Gasteiger partial charge is 0.481 e. The van der Waals surface area contributed by atoms with Crippen LogP contribution in [0.2, 0.25) is 0 Å². The van der Waals surface area contributed by atoms with Gasteiger partial charge in [0.25, 0.3) is 0 Å². The van der Waals surface area contributed by atoms with E-state index in [4.69, 9.17) is 9.84 Å². The highest BCUT2D eigenvalue weighted by atomic mass is 127. The van der Waals surface area contributed by atoms with Gasteiger partial charge in [-0.2, -0.15) is 0 Å². The predicted molar refractivity (Wildman–Crippen MR) is 95.5 cm³/mol. The number of fused-ring (bicyclic) bond motifs is 1. The summed E-state index contributed by atoms with van der Waals surface area (Å²) < 4.78 is 7.84. The molecule has 4 N–H and O–H groups in total. The van der Waals surface area contributed by atoms with E-state index in [1.54, 1.807) is 4.57 Å². The van der Waals surface area contributed by atoms with Crippen molar-refractivity contribution in [2.75, 3.05) is 16.3 Å². The lowest BCUT2D eigenvalue weighted by Crippen LogP contribution is -2.32. The van der Waals surface area contributed by atoms with Crippen LogP contribution in [0.1, 0.15) is 19.1 Å². The summed E-state index contributed by atoms with van der Waals surface area (Å²) in [6.45, 7) is 0.434. The van der Waals surface area contributed by atoms with Crippen molar-refractivity contribution < 1.29 is 24.9 Å². The van der Waals surface area contributed by atoms with Crippen LogP contribution in [0.4, 0.5) is 5.82 Å². The zero-order valence-electron chi connectivity index (χ0n) is 13.1. The van der Waals surface area contributed by atoms with E-state index in [1.165, 1.54) is 12.7 Å². The predicted octanol–water partition coefficient (Wildman–Crippen LogP) is 0.157. The summed E-state index contributed by atoms with van der Waals surface area (Å²) in [5.41, 5.74) is 0.946. The average Bonchev–Trinajstić information content (AvgIpc) is 3.14. The van der Waals surface area contributed by atoms with Crippen LogP contribution in [-0.4, -0.2) is 70.1 Å². The third-order valence-electron chi connectivity index (χ3n) is 3.98. The standard InChI is InChI=1S/C14H18IN5O5/c15-4-7-10(23)11(24)14(25-7)20-6-19-9-12(17-5-18-13(9)20)16-3-1-2-8(21)22/h5-7,10-11,14,23-24H,1-4H2,(H,21,22)(H,16,17,18)/t7-,10-,11-,14-/m1/s1. The fourth-order valence-electron chi connectivity index (χ4n) is 2.70. The number of nitrogens with one attached hydrogen (secondary N) is 1. The third-order valence-corrected chi connectivity index (χ3v) is 4.85. The molecule has 0 saturated carbocycles. The number of anilines is 1. The number of halogens is 1. The Balaban J connectivity index is 1.80. The fraction of sp³-hybridized carbons (Fsp3) is 0.571. The first kappa shape index (κ1) is 18.2. The van der Waals surface area contributed by atoms with Gasteiger partial charge in [0.05, 0.1) is 12.4 Å². The number of aliphatic hydroxyl groups excluding tert-OH is 2. The molecule has 136 valence electrons. The van der Waals surface area contributed by atoms with Gasteiger partial charge < -0.3 is 25.4 Å². The Morgan fingerprint density at radius 1 is 1.32 bits per heavy atom. The molecule has 0 bridgehead atoms. The number of alkyl halides is 1. The zero-order chi connectivity index (χ0) is 18.0. The first-order valence-corrected chi connectivity index (χ1v) is 9.26. The van der Waals surface area contributed by atoms with Crippen LogP contribution in [0.3, 0.4) is 0 Å². The van der Waals surface area contributed by atoms with E-state index < -0.39 is 30.5 Å². The molecule has 0 aliphatic carbocycles. The second-order valence-electron chi connectivity index (χ2n) is 5.67. The Hall–Kier alpha value is -1.57. The molecule has 3 heterocycles. The van der Waals surface area contributed by atoms with E-state index in [0.717, 1.165) is 0 Å². The maximum Gasteiger partial charge on any atom is 0.303 e. The zero-order valence-corrected chi connectivity index (χ0v) is 15.3. The number of hydrogen-bond donors (Lipinski definition) is 4. The molecule has 0 aromatic carbocycles. The summed E-state index contributed by atoms with van der Waals surface area (Å²) in [6.07, 6.45) is 0.0472. The number of hydrogen-bond acceptors (Lipinski definition) is 8. The Labute approximate surface area is 156 Å². The number of nitrogens with zero attached hydrogens (tertiary/aromatic N) is 4. The number of rotatable bonds is 7. The van der Waals surface area contributed by atoms with Crippen molar-refractivity contribution in [3.05, 3.63) is 12.7 Å². The molecule has 3 rings (SSSR count). The molecule has 4 atom stereocenters. The quantitative estimate of drug-likeness (QED) is 0.257. The summed E-state index contributed by atoms with van der Waals surface area (Å²) in [6, 6.07) is 0. The monoisotopic (exact) mass is 463 g/mol. The summed E-state index contributed by atoms with van der Waals surface area (Å²) >= 11 is 2.09. The number of ether oxygens (including phenoxy) is 1. The summed E-state index contributed by atoms with van der Waals surface area (Å²) in [4.78, 5) is 23.1. The molecule has 1 aliphatic rings. The van der Waals surface area contributed by atoms with Gasteiger partial charge in [-0.05, 0) is 6.42 Å². The van der Waals surface area contributed by atoms with Gasteiger partial charge in [0.1, 0.15) is 18.5 Å². The topological polar surface area (TPSA) is 143 Å². The smallest absolute Gasteiger partial charge is 0.303 e. The van der Waals surface area contributed by atoms with Crippen molar-refractivity contribution in [1.29, 1.82) is 0 Å². The van der Waals surface area contributed by atoms with E-state index in [-0.39, 0.29) is 6.42 Å². The molecular formula is C14H18IN5O5. The highest BCUT2D eigenvalue weighted by Crippen LogP contribution is 2.32.